The third-order valence-electron chi connectivity index (χ3n) is 5.31. The second-order valence-corrected chi connectivity index (χ2v) is 7.83. The van der Waals surface area contributed by atoms with Crippen molar-refractivity contribution in [1.82, 2.24) is 19.7 Å². The van der Waals surface area contributed by atoms with E-state index in [1.807, 2.05) is 70.5 Å². The molecule has 1 aliphatic rings. The number of aromatic nitrogens is 3. The number of halogens is 1. The minimum absolute atomic E-state index is 0.0150. The van der Waals surface area contributed by atoms with Crippen LogP contribution >= 0.6 is 11.6 Å². The summed E-state index contributed by atoms with van der Waals surface area (Å²) in [7, 11) is 0. The molecule has 1 amide bonds. The zero-order valence-electron chi connectivity index (χ0n) is 16.2. The summed E-state index contributed by atoms with van der Waals surface area (Å²) >= 11 is 6.54. The van der Waals surface area contributed by atoms with Crippen molar-refractivity contribution in [3.05, 3.63) is 107 Å². The SMILES string of the molecule is O=C1c2c(Cl)cc(-c3cnn(Cc4ccncc4)c3)cc2CN1Cc1ccccc1. The second kappa shape index (κ2) is 7.76. The molecule has 0 bridgehead atoms. The molecule has 0 spiro atoms. The van der Waals surface area contributed by atoms with Gasteiger partial charge in [-0.2, -0.15) is 5.10 Å². The van der Waals surface area contributed by atoms with Crippen molar-refractivity contribution < 1.29 is 4.79 Å². The number of fused-ring (bicyclic) bond motifs is 1. The summed E-state index contributed by atoms with van der Waals surface area (Å²) in [6.07, 6.45) is 7.38. The molecule has 0 atom stereocenters. The number of hydrogen-bond acceptors (Lipinski definition) is 3. The monoisotopic (exact) mass is 414 g/mol. The van der Waals surface area contributed by atoms with Crippen LogP contribution in [0.5, 0.6) is 0 Å². The molecule has 3 heterocycles. The van der Waals surface area contributed by atoms with Gasteiger partial charge < -0.3 is 4.90 Å². The Kier molecular flexibility index (Phi) is 4.81. The lowest BCUT2D eigenvalue weighted by atomic mass is 10.0. The van der Waals surface area contributed by atoms with Gasteiger partial charge in [-0.1, -0.05) is 41.9 Å². The van der Waals surface area contributed by atoms with Crippen molar-refractivity contribution in [2.24, 2.45) is 0 Å². The highest BCUT2D eigenvalue weighted by molar-refractivity contribution is 6.34. The maximum Gasteiger partial charge on any atom is 0.256 e. The lowest BCUT2D eigenvalue weighted by Gasteiger charge is -2.15. The molecule has 4 aromatic rings. The van der Waals surface area contributed by atoms with Crippen molar-refractivity contribution in [2.75, 3.05) is 0 Å². The van der Waals surface area contributed by atoms with Crippen LogP contribution < -0.4 is 0 Å². The molecular weight excluding hydrogens is 396 g/mol. The summed E-state index contributed by atoms with van der Waals surface area (Å²) in [6.45, 7) is 1.80. The van der Waals surface area contributed by atoms with E-state index in [1.54, 1.807) is 12.4 Å². The fourth-order valence-electron chi connectivity index (χ4n) is 3.84. The van der Waals surface area contributed by atoms with E-state index in [-0.39, 0.29) is 5.91 Å². The lowest BCUT2D eigenvalue weighted by Crippen LogP contribution is -2.23. The third kappa shape index (κ3) is 3.60. The molecule has 30 heavy (non-hydrogen) atoms. The van der Waals surface area contributed by atoms with Gasteiger partial charge in [-0.05, 0) is 46.5 Å². The molecule has 0 saturated heterocycles. The van der Waals surface area contributed by atoms with Crippen LogP contribution in [0.15, 0.2) is 79.4 Å². The molecule has 6 heteroatoms. The first-order valence-corrected chi connectivity index (χ1v) is 10.1. The van der Waals surface area contributed by atoms with E-state index in [0.717, 1.165) is 27.8 Å². The van der Waals surface area contributed by atoms with Crippen LogP contribution in [0.2, 0.25) is 5.02 Å². The average molecular weight is 415 g/mol. The number of nitrogens with zero attached hydrogens (tertiary/aromatic N) is 4. The number of benzene rings is 2. The summed E-state index contributed by atoms with van der Waals surface area (Å²) in [5, 5.41) is 4.96. The molecule has 0 N–H and O–H groups in total. The molecule has 0 aliphatic carbocycles. The molecule has 1 aliphatic heterocycles. The van der Waals surface area contributed by atoms with E-state index in [2.05, 4.69) is 16.1 Å². The number of rotatable bonds is 5. The topological polar surface area (TPSA) is 51.0 Å². The van der Waals surface area contributed by atoms with E-state index in [9.17, 15) is 4.79 Å². The van der Waals surface area contributed by atoms with Gasteiger partial charge in [0.25, 0.3) is 5.91 Å². The van der Waals surface area contributed by atoms with Crippen LogP contribution in [-0.4, -0.2) is 25.6 Å². The molecule has 5 nitrogen and oxygen atoms in total. The maximum atomic E-state index is 12.9. The van der Waals surface area contributed by atoms with Gasteiger partial charge in [-0.3, -0.25) is 14.5 Å². The molecule has 2 aromatic heterocycles. The Labute approximate surface area is 179 Å². The zero-order chi connectivity index (χ0) is 20.5. The first kappa shape index (κ1) is 18.6. The fraction of sp³-hybridized carbons (Fsp3) is 0.125. The van der Waals surface area contributed by atoms with Gasteiger partial charge in [0.15, 0.2) is 0 Å². The molecule has 148 valence electrons. The van der Waals surface area contributed by atoms with Crippen LogP contribution in [0.3, 0.4) is 0 Å². The normalized spacial score (nSPS) is 13.0. The molecule has 0 radical (unpaired) electrons. The minimum Gasteiger partial charge on any atom is -0.330 e. The first-order chi connectivity index (χ1) is 14.7. The molecule has 2 aromatic carbocycles. The van der Waals surface area contributed by atoms with E-state index in [4.69, 9.17) is 11.6 Å². The van der Waals surface area contributed by atoms with Crippen molar-refractivity contribution in [3.63, 3.8) is 0 Å². The standard InChI is InChI=1S/C24H19ClN4O/c25-22-11-19(21-12-27-29(16-21)14-18-6-8-26-9-7-18)10-20-15-28(24(30)23(20)22)13-17-4-2-1-3-5-17/h1-12,16H,13-15H2. The van der Waals surface area contributed by atoms with E-state index >= 15 is 0 Å². The summed E-state index contributed by atoms with van der Waals surface area (Å²) in [6, 6.07) is 17.9. The lowest BCUT2D eigenvalue weighted by molar-refractivity contribution is 0.0767. The highest BCUT2D eigenvalue weighted by Gasteiger charge is 2.30. The van der Waals surface area contributed by atoms with Crippen LogP contribution in [0.25, 0.3) is 11.1 Å². The summed E-state index contributed by atoms with van der Waals surface area (Å²) in [5.41, 5.74) is 5.75. The number of amides is 1. The van der Waals surface area contributed by atoms with E-state index < -0.39 is 0 Å². The van der Waals surface area contributed by atoms with Gasteiger partial charge in [0.2, 0.25) is 0 Å². The van der Waals surface area contributed by atoms with Gasteiger partial charge in [-0.15, -0.1) is 0 Å². The van der Waals surface area contributed by atoms with Crippen molar-refractivity contribution >= 4 is 17.5 Å². The van der Waals surface area contributed by atoms with E-state index in [0.29, 0.717) is 30.2 Å². The molecular formula is C24H19ClN4O. The average Bonchev–Trinajstić information content (AvgIpc) is 3.34. The van der Waals surface area contributed by atoms with Gasteiger partial charge in [0, 0.05) is 37.2 Å². The Balaban J connectivity index is 1.39. The predicted octanol–water partition coefficient (Wildman–Crippen LogP) is 4.80. The third-order valence-corrected chi connectivity index (χ3v) is 5.61. The largest absolute Gasteiger partial charge is 0.330 e. The zero-order valence-corrected chi connectivity index (χ0v) is 17.0. The highest BCUT2D eigenvalue weighted by atomic mass is 35.5. The number of pyridine rings is 1. The van der Waals surface area contributed by atoms with Crippen LogP contribution in [0.4, 0.5) is 0 Å². The van der Waals surface area contributed by atoms with Crippen LogP contribution in [-0.2, 0) is 19.6 Å². The maximum absolute atomic E-state index is 12.9. The minimum atomic E-state index is -0.0150. The number of hydrogen-bond donors (Lipinski definition) is 0. The number of carbonyl (C=O) groups is 1. The fourth-order valence-corrected chi connectivity index (χ4v) is 4.16. The summed E-state index contributed by atoms with van der Waals surface area (Å²) in [5.74, 6) is -0.0150. The first-order valence-electron chi connectivity index (χ1n) is 9.75. The summed E-state index contributed by atoms with van der Waals surface area (Å²) in [4.78, 5) is 18.8. The Bertz CT molecular complexity index is 1200. The van der Waals surface area contributed by atoms with Crippen LogP contribution in [0, 0.1) is 0 Å². The second-order valence-electron chi connectivity index (χ2n) is 7.42. The predicted molar refractivity (Wildman–Crippen MR) is 116 cm³/mol. The molecule has 0 fully saturated rings. The Morgan fingerprint density at radius 2 is 1.70 bits per heavy atom. The Hall–Kier alpha value is -3.44. The van der Waals surface area contributed by atoms with E-state index in [1.165, 1.54) is 0 Å². The van der Waals surface area contributed by atoms with Crippen LogP contribution in [0.1, 0.15) is 27.0 Å². The smallest absolute Gasteiger partial charge is 0.256 e. The van der Waals surface area contributed by atoms with Crippen molar-refractivity contribution in [2.45, 2.75) is 19.6 Å². The van der Waals surface area contributed by atoms with Gasteiger partial charge in [0.05, 0.1) is 23.3 Å². The van der Waals surface area contributed by atoms with Crippen molar-refractivity contribution in [3.8, 4) is 11.1 Å². The molecule has 5 rings (SSSR count). The molecule has 0 unspecified atom stereocenters. The van der Waals surface area contributed by atoms with Gasteiger partial charge in [0.1, 0.15) is 0 Å². The summed E-state index contributed by atoms with van der Waals surface area (Å²) < 4.78 is 1.89. The highest BCUT2D eigenvalue weighted by Crippen LogP contribution is 2.35. The Morgan fingerprint density at radius 3 is 2.50 bits per heavy atom. The van der Waals surface area contributed by atoms with Crippen molar-refractivity contribution in [1.29, 1.82) is 0 Å². The Morgan fingerprint density at radius 1 is 0.933 bits per heavy atom. The van der Waals surface area contributed by atoms with Gasteiger partial charge >= 0.3 is 0 Å². The van der Waals surface area contributed by atoms with Gasteiger partial charge in [-0.25, -0.2) is 0 Å². The molecule has 0 saturated carbocycles. The quantitative estimate of drug-likeness (QED) is 0.471. The number of carbonyl (C=O) groups excluding carboxylic acids is 1.